The van der Waals surface area contributed by atoms with Crippen molar-refractivity contribution in [3.05, 3.63) is 134 Å². The molecule has 0 amide bonds. The van der Waals surface area contributed by atoms with Crippen molar-refractivity contribution in [3.63, 3.8) is 0 Å². The Labute approximate surface area is 487 Å². The first kappa shape index (κ1) is 74.5. The van der Waals surface area contributed by atoms with E-state index in [9.17, 15) is 14.4 Å². The summed E-state index contributed by atoms with van der Waals surface area (Å²) in [7, 11) is 0. The molecule has 1 unspecified atom stereocenters. The fraction of sp³-hybridized carbons (Fsp3) is 0.658. The highest BCUT2D eigenvalue weighted by molar-refractivity contribution is 5.71. The summed E-state index contributed by atoms with van der Waals surface area (Å²) in [4.78, 5) is 38.3. The number of hydrogen-bond donors (Lipinski definition) is 0. The lowest BCUT2D eigenvalue weighted by Crippen LogP contribution is -2.30. The average molecular weight is 1090 g/mol. The maximum Gasteiger partial charge on any atom is 0.306 e. The van der Waals surface area contributed by atoms with Gasteiger partial charge in [-0.2, -0.15) is 0 Å². The maximum absolute atomic E-state index is 12.9. The molecule has 0 aliphatic rings. The highest BCUT2D eigenvalue weighted by Crippen LogP contribution is 2.16. The molecule has 0 bridgehead atoms. The van der Waals surface area contributed by atoms with Crippen LogP contribution in [-0.4, -0.2) is 37.2 Å². The third kappa shape index (κ3) is 64.3. The van der Waals surface area contributed by atoms with Crippen LogP contribution in [0.2, 0.25) is 0 Å². The molecular formula is C73H120O6. The number of hydrogen-bond acceptors (Lipinski definition) is 6. The van der Waals surface area contributed by atoms with Crippen molar-refractivity contribution in [3.8, 4) is 0 Å². The molecule has 0 heterocycles. The molecule has 0 aromatic rings. The lowest BCUT2D eigenvalue weighted by Gasteiger charge is -2.18. The van der Waals surface area contributed by atoms with Gasteiger partial charge < -0.3 is 14.2 Å². The van der Waals surface area contributed by atoms with Gasteiger partial charge in [0, 0.05) is 19.3 Å². The van der Waals surface area contributed by atoms with Crippen molar-refractivity contribution < 1.29 is 28.6 Å². The topological polar surface area (TPSA) is 78.9 Å². The zero-order valence-electron chi connectivity index (χ0n) is 51.3. The SMILES string of the molecule is CC/C=C\C/C=C\C/C=C\C/C=C\C/C=C\C/C=C\C/C=C\CCCCCCCCCCCC(=O)OCC(COC(=O)CCCCCCCCCCCCCCC)OC(=O)CCCCCC/C=C\C/C=C\C/C=C\C/C=C\CC. The normalized spacial score (nSPS) is 13.0. The summed E-state index contributed by atoms with van der Waals surface area (Å²) in [6, 6.07) is 0. The monoisotopic (exact) mass is 1090 g/mol. The Morgan fingerprint density at radius 2 is 0.494 bits per heavy atom. The van der Waals surface area contributed by atoms with Crippen LogP contribution >= 0.6 is 0 Å². The van der Waals surface area contributed by atoms with Gasteiger partial charge in [-0.15, -0.1) is 0 Å². The molecule has 0 rings (SSSR count). The Bertz CT molecular complexity index is 1680. The average Bonchev–Trinajstić information content (AvgIpc) is 3.45. The fourth-order valence-electron chi connectivity index (χ4n) is 8.83. The smallest absolute Gasteiger partial charge is 0.306 e. The van der Waals surface area contributed by atoms with E-state index in [4.69, 9.17) is 14.2 Å². The van der Waals surface area contributed by atoms with E-state index in [1.165, 1.54) is 103 Å². The number of allylic oxidation sites excluding steroid dienone is 22. The summed E-state index contributed by atoms with van der Waals surface area (Å²) in [5.74, 6) is -0.916. The number of carbonyl (C=O) groups excluding carboxylic acids is 3. The van der Waals surface area contributed by atoms with E-state index in [0.717, 1.165) is 148 Å². The second-order valence-corrected chi connectivity index (χ2v) is 21.3. The molecule has 0 aromatic heterocycles. The summed E-state index contributed by atoms with van der Waals surface area (Å²) in [6.07, 6.45) is 93.1. The molecule has 6 heteroatoms. The quantitative estimate of drug-likeness (QED) is 0.0261. The number of rotatable bonds is 58. The molecule has 0 aliphatic heterocycles. The van der Waals surface area contributed by atoms with Crippen molar-refractivity contribution in [2.24, 2.45) is 0 Å². The van der Waals surface area contributed by atoms with E-state index >= 15 is 0 Å². The molecule has 6 nitrogen and oxygen atoms in total. The lowest BCUT2D eigenvalue weighted by atomic mass is 10.0. The van der Waals surface area contributed by atoms with Gasteiger partial charge in [0.25, 0.3) is 0 Å². The molecule has 0 saturated heterocycles. The first-order chi connectivity index (χ1) is 39.0. The first-order valence-corrected chi connectivity index (χ1v) is 32.7. The van der Waals surface area contributed by atoms with Gasteiger partial charge in [-0.1, -0.05) is 289 Å². The zero-order valence-corrected chi connectivity index (χ0v) is 51.3. The minimum atomic E-state index is -0.797. The second-order valence-electron chi connectivity index (χ2n) is 21.3. The number of carbonyl (C=O) groups is 3. The van der Waals surface area contributed by atoms with Crippen LogP contribution in [0.4, 0.5) is 0 Å². The van der Waals surface area contributed by atoms with E-state index in [-0.39, 0.29) is 31.1 Å². The van der Waals surface area contributed by atoms with Gasteiger partial charge in [-0.25, -0.2) is 0 Å². The number of ether oxygens (including phenoxy) is 3. The highest BCUT2D eigenvalue weighted by atomic mass is 16.6. The van der Waals surface area contributed by atoms with Crippen LogP contribution in [0.3, 0.4) is 0 Å². The molecule has 0 saturated carbocycles. The van der Waals surface area contributed by atoms with E-state index in [1.54, 1.807) is 0 Å². The Kier molecular flexibility index (Phi) is 62.3. The van der Waals surface area contributed by atoms with Crippen LogP contribution < -0.4 is 0 Å². The van der Waals surface area contributed by atoms with E-state index < -0.39 is 6.10 Å². The summed E-state index contributed by atoms with van der Waals surface area (Å²) >= 11 is 0. The molecule has 0 spiro atoms. The Morgan fingerprint density at radius 3 is 0.772 bits per heavy atom. The molecule has 0 N–H and O–H groups in total. The van der Waals surface area contributed by atoms with Crippen molar-refractivity contribution in [2.75, 3.05) is 13.2 Å². The number of esters is 3. The highest BCUT2D eigenvalue weighted by Gasteiger charge is 2.19. The van der Waals surface area contributed by atoms with Crippen LogP contribution in [-0.2, 0) is 28.6 Å². The third-order valence-corrected chi connectivity index (χ3v) is 13.7. The lowest BCUT2D eigenvalue weighted by molar-refractivity contribution is -0.167. The van der Waals surface area contributed by atoms with Crippen molar-refractivity contribution in [2.45, 2.75) is 297 Å². The summed E-state index contributed by atoms with van der Waals surface area (Å²) in [5.41, 5.74) is 0. The van der Waals surface area contributed by atoms with Gasteiger partial charge in [-0.3, -0.25) is 14.4 Å². The molecule has 0 aliphatic carbocycles. The predicted molar refractivity (Wildman–Crippen MR) is 343 cm³/mol. The van der Waals surface area contributed by atoms with Gasteiger partial charge in [0.1, 0.15) is 13.2 Å². The van der Waals surface area contributed by atoms with Crippen molar-refractivity contribution in [1.29, 1.82) is 0 Å². The Morgan fingerprint density at radius 1 is 0.266 bits per heavy atom. The van der Waals surface area contributed by atoms with Gasteiger partial charge >= 0.3 is 17.9 Å². The van der Waals surface area contributed by atoms with Crippen molar-refractivity contribution >= 4 is 17.9 Å². The third-order valence-electron chi connectivity index (χ3n) is 13.7. The largest absolute Gasteiger partial charge is 0.462 e. The van der Waals surface area contributed by atoms with Crippen LogP contribution in [0.5, 0.6) is 0 Å². The van der Waals surface area contributed by atoms with Crippen LogP contribution in [0.1, 0.15) is 290 Å². The molecule has 0 radical (unpaired) electrons. The molecular weight excluding hydrogens is 973 g/mol. The Balaban J connectivity index is 4.32. The molecule has 79 heavy (non-hydrogen) atoms. The van der Waals surface area contributed by atoms with Gasteiger partial charge in [0.2, 0.25) is 0 Å². The van der Waals surface area contributed by atoms with E-state index in [0.29, 0.717) is 19.3 Å². The Hall–Kier alpha value is -4.45. The minimum absolute atomic E-state index is 0.0903. The standard InChI is InChI=1S/C73H120O6/c1-4-7-10-13-16-19-22-25-27-29-30-31-32-33-34-35-36-37-38-39-40-41-42-44-45-48-51-54-57-60-63-66-72(75)78-69-70(68-77-71(74)65-62-59-56-53-50-47-24-21-18-15-12-9-6-3)79-73(76)67-64-61-58-55-52-49-46-43-28-26-23-20-17-14-11-8-5-2/h7-8,10-11,16-17,19-20,25-28,30-31,33-34,36-37,39-40,46,49,70H,4-6,9,12-15,18,21-24,29,32,35,38,41-45,47-48,50-69H2,1-3H3/b10-7-,11-8-,19-16-,20-17-,27-25-,28-26-,31-30-,34-33-,37-36-,40-39-,49-46-. The molecule has 0 aromatic carbocycles. The first-order valence-electron chi connectivity index (χ1n) is 32.7. The van der Waals surface area contributed by atoms with Crippen LogP contribution in [0.25, 0.3) is 0 Å². The second kappa shape index (κ2) is 66.1. The van der Waals surface area contributed by atoms with E-state index in [2.05, 4.69) is 154 Å². The number of unbranched alkanes of at least 4 members (excludes halogenated alkanes) is 25. The molecule has 0 fully saturated rings. The molecule has 448 valence electrons. The van der Waals surface area contributed by atoms with Gasteiger partial charge in [0.15, 0.2) is 6.10 Å². The predicted octanol–water partition coefficient (Wildman–Crippen LogP) is 22.5. The summed E-state index contributed by atoms with van der Waals surface area (Å²) < 4.78 is 16.9. The van der Waals surface area contributed by atoms with Gasteiger partial charge in [0.05, 0.1) is 0 Å². The van der Waals surface area contributed by atoms with Gasteiger partial charge in [-0.05, 0) is 116 Å². The van der Waals surface area contributed by atoms with Crippen LogP contribution in [0.15, 0.2) is 134 Å². The summed E-state index contributed by atoms with van der Waals surface area (Å²) in [5, 5.41) is 0. The van der Waals surface area contributed by atoms with E-state index in [1.807, 2.05) is 0 Å². The fourth-order valence-corrected chi connectivity index (χ4v) is 8.83. The van der Waals surface area contributed by atoms with Crippen molar-refractivity contribution in [1.82, 2.24) is 0 Å². The minimum Gasteiger partial charge on any atom is -0.462 e. The molecule has 1 atom stereocenters. The summed E-state index contributed by atoms with van der Waals surface area (Å²) in [6.45, 7) is 6.40. The zero-order chi connectivity index (χ0) is 57.1. The maximum atomic E-state index is 12.9. The van der Waals surface area contributed by atoms with Crippen LogP contribution in [0, 0.1) is 0 Å².